The van der Waals surface area contributed by atoms with Gasteiger partial charge in [0.05, 0.1) is 0 Å². The minimum atomic E-state index is 0.592. The van der Waals surface area contributed by atoms with Crippen LogP contribution in [-0.4, -0.2) is 29.0 Å². The van der Waals surface area contributed by atoms with Gasteiger partial charge in [0.2, 0.25) is 0 Å². The van der Waals surface area contributed by atoms with E-state index in [1.165, 1.54) is 4.88 Å². The summed E-state index contributed by atoms with van der Waals surface area (Å²) in [6, 6.07) is 9.12. The molecule has 0 bridgehead atoms. The van der Waals surface area contributed by atoms with E-state index in [1.807, 2.05) is 11.3 Å². The Kier molecular flexibility index (Phi) is 2.08. The fourth-order valence-corrected chi connectivity index (χ4v) is 7.61. The molecule has 3 rings (SSSR count). The molecule has 0 aliphatic rings. The first-order chi connectivity index (χ1) is 6.43. The van der Waals surface area contributed by atoms with Gasteiger partial charge in [-0.1, -0.05) is 0 Å². The second kappa shape index (κ2) is 3.27. The van der Waals surface area contributed by atoms with E-state index in [4.69, 9.17) is 0 Å². The summed E-state index contributed by atoms with van der Waals surface area (Å²) in [4.78, 5) is 3.81. The molecule has 0 atom stereocenters. The van der Waals surface area contributed by atoms with Gasteiger partial charge in [0.1, 0.15) is 0 Å². The Hall–Kier alpha value is -0.0410. The van der Waals surface area contributed by atoms with Crippen molar-refractivity contribution in [3.05, 3.63) is 34.6 Å². The standard InChI is InChI=1S/C10H6SSe2/c1-2-7(11-4-1)9-6-10-8(13-9)3-5-12-10/h1-6H. The maximum absolute atomic E-state index is 2.42. The number of rotatable bonds is 1. The third kappa shape index (κ3) is 1.41. The van der Waals surface area contributed by atoms with E-state index in [9.17, 15) is 0 Å². The second-order valence-electron chi connectivity index (χ2n) is 2.74. The van der Waals surface area contributed by atoms with Crippen LogP contribution < -0.4 is 0 Å². The molecule has 0 nitrogen and oxygen atoms in total. The van der Waals surface area contributed by atoms with Crippen LogP contribution in [0.2, 0.25) is 0 Å². The summed E-state index contributed by atoms with van der Waals surface area (Å²) in [5.74, 6) is 0. The molecule has 0 radical (unpaired) electrons. The van der Waals surface area contributed by atoms with Crippen molar-refractivity contribution in [2.24, 2.45) is 0 Å². The predicted molar refractivity (Wildman–Crippen MR) is 61.1 cm³/mol. The molecule has 0 N–H and O–H groups in total. The number of hydrogen-bond donors (Lipinski definition) is 0. The molecule has 0 aromatic carbocycles. The molecule has 3 aromatic heterocycles. The average molecular weight is 316 g/mol. The zero-order chi connectivity index (χ0) is 8.67. The van der Waals surface area contributed by atoms with Crippen LogP contribution in [0, 0.1) is 0 Å². The quantitative estimate of drug-likeness (QED) is 0.606. The summed E-state index contributed by atoms with van der Waals surface area (Å²) in [7, 11) is 0. The predicted octanol–water partition coefficient (Wildman–Crippen LogP) is 2.68. The molecule has 0 spiro atoms. The summed E-state index contributed by atoms with van der Waals surface area (Å²) in [5.41, 5.74) is 0. The summed E-state index contributed by atoms with van der Waals surface area (Å²) in [5, 5.41) is 2.16. The first-order valence-corrected chi connectivity index (χ1v) is 8.38. The molecular formula is C10H6SSe2. The van der Waals surface area contributed by atoms with E-state index in [0.717, 1.165) is 0 Å². The van der Waals surface area contributed by atoms with Gasteiger partial charge in [0.15, 0.2) is 0 Å². The SMILES string of the molecule is c1csc(-c2cc3[se]ccc3[se]2)c1. The molecule has 0 aliphatic carbocycles. The zero-order valence-corrected chi connectivity index (χ0v) is 10.9. The molecular weight excluding hydrogens is 310 g/mol. The van der Waals surface area contributed by atoms with Crippen LogP contribution in [0.5, 0.6) is 0 Å². The molecule has 0 amide bonds. The monoisotopic (exact) mass is 318 g/mol. The average Bonchev–Trinajstić information content (AvgIpc) is 2.78. The molecule has 0 saturated heterocycles. The van der Waals surface area contributed by atoms with Crippen molar-refractivity contribution in [3.63, 3.8) is 0 Å². The first-order valence-electron chi connectivity index (χ1n) is 3.94. The van der Waals surface area contributed by atoms with Gasteiger partial charge in [-0.25, -0.2) is 0 Å². The van der Waals surface area contributed by atoms with E-state index in [0.29, 0.717) is 29.0 Å². The van der Waals surface area contributed by atoms with Crippen molar-refractivity contribution in [2.45, 2.75) is 0 Å². The van der Waals surface area contributed by atoms with Crippen LogP contribution in [0.3, 0.4) is 0 Å². The van der Waals surface area contributed by atoms with Gasteiger partial charge >= 0.3 is 92.8 Å². The van der Waals surface area contributed by atoms with Crippen molar-refractivity contribution < 1.29 is 0 Å². The molecule has 0 fully saturated rings. The second-order valence-corrected chi connectivity index (χ2v) is 7.95. The van der Waals surface area contributed by atoms with Crippen LogP contribution in [0.25, 0.3) is 17.8 Å². The van der Waals surface area contributed by atoms with Gasteiger partial charge in [-0.3, -0.25) is 0 Å². The summed E-state index contributed by atoms with van der Waals surface area (Å²) < 4.78 is 4.82. The fraction of sp³-hybridized carbons (Fsp3) is 0. The number of thiophene rings is 1. The van der Waals surface area contributed by atoms with Crippen molar-refractivity contribution in [1.29, 1.82) is 0 Å². The molecule has 64 valence electrons. The number of fused-ring (bicyclic) bond motifs is 1. The van der Waals surface area contributed by atoms with E-state index >= 15 is 0 Å². The Morgan fingerprint density at radius 2 is 2.15 bits per heavy atom. The van der Waals surface area contributed by atoms with E-state index in [2.05, 4.69) is 34.6 Å². The Balaban J connectivity index is 2.23. The first kappa shape index (κ1) is 8.28. The van der Waals surface area contributed by atoms with Crippen molar-refractivity contribution in [3.8, 4) is 9.31 Å². The van der Waals surface area contributed by atoms with E-state index in [1.54, 1.807) is 13.0 Å². The van der Waals surface area contributed by atoms with E-state index < -0.39 is 0 Å². The van der Waals surface area contributed by atoms with Crippen LogP contribution in [0.15, 0.2) is 34.6 Å². The maximum atomic E-state index is 2.42. The van der Waals surface area contributed by atoms with Crippen LogP contribution in [0.4, 0.5) is 0 Å². The van der Waals surface area contributed by atoms with Gasteiger partial charge in [-0.05, 0) is 0 Å². The van der Waals surface area contributed by atoms with Gasteiger partial charge < -0.3 is 0 Å². The van der Waals surface area contributed by atoms with Crippen molar-refractivity contribution in [1.82, 2.24) is 0 Å². The minimum absolute atomic E-state index is 0.592. The topological polar surface area (TPSA) is 0 Å². The van der Waals surface area contributed by atoms with Crippen molar-refractivity contribution in [2.75, 3.05) is 0 Å². The molecule has 13 heavy (non-hydrogen) atoms. The van der Waals surface area contributed by atoms with Crippen molar-refractivity contribution >= 4 is 48.9 Å². The normalized spacial score (nSPS) is 11.1. The summed E-state index contributed by atoms with van der Waals surface area (Å²) >= 11 is 3.09. The van der Waals surface area contributed by atoms with E-state index in [-0.39, 0.29) is 0 Å². The Morgan fingerprint density at radius 3 is 2.92 bits per heavy atom. The molecule has 3 heterocycles. The molecule has 0 saturated carbocycles. The molecule has 0 aliphatic heterocycles. The molecule has 3 heteroatoms. The Bertz CT molecular complexity index is 487. The van der Waals surface area contributed by atoms with Gasteiger partial charge in [-0.2, -0.15) is 0 Å². The Labute approximate surface area is 92.3 Å². The van der Waals surface area contributed by atoms with Crippen LogP contribution in [-0.2, 0) is 0 Å². The fourth-order valence-electron chi connectivity index (χ4n) is 1.31. The molecule has 3 aromatic rings. The summed E-state index contributed by atoms with van der Waals surface area (Å²) in [6.45, 7) is 0. The molecule has 0 unspecified atom stereocenters. The third-order valence-corrected chi connectivity index (χ3v) is 7.94. The van der Waals surface area contributed by atoms with Gasteiger partial charge in [0, 0.05) is 0 Å². The van der Waals surface area contributed by atoms with Crippen LogP contribution in [0.1, 0.15) is 0 Å². The zero-order valence-electron chi connectivity index (χ0n) is 6.69. The van der Waals surface area contributed by atoms with Crippen LogP contribution >= 0.6 is 11.3 Å². The number of hydrogen-bond acceptors (Lipinski definition) is 1. The Morgan fingerprint density at radius 1 is 1.15 bits per heavy atom. The van der Waals surface area contributed by atoms with Gasteiger partial charge in [0.25, 0.3) is 0 Å². The van der Waals surface area contributed by atoms with Gasteiger partial charge in [-0.15, -0.1) is 0 Å². The third-order valence-electron chi connectivity index (χ3n) is 1.90. The summed E-state index contributed by atoms with van der Waals surface area (Å²) in [6.07, 6.45) is 0.